The third kappa shape index (κ3) is 4.87. The summed E-state index contributed by atoms with van der Waals surface area (Å²) in [6.45, 7) is 9.06. The molecule has 0 saturated heterocycles. The number of oxazole rings is 1. The molecule has 0 aliphatic heterocycles. The molecule has 1 rings (SSSR count). The molecule has 0 radical (unpaired) electrons. The van der Waals surface area contributed by atoms with Gasteiger partial charge in [0.05, 0.1) is 12.2 Å². The molecule has 1 atom stereocenters. The first kappa shape index (κ1) is 14.7. The normalized spacial score (nSPS) is 12.4. The smallest absolute Gasteiger partial charge is 0.221 e. The maximum absolute atomic E-state index is 11.5. The third-order valence-corrected chi connectivity index (χ3v) is 2.90. The minimum Gasteiger partial charge on any atom is -0.444 e. The average molecular weight is 253 g/mol. The van der Waals surface area contributed by atoms with Gasteiger partial charge >= 0.3 is 0 Å². The van der Waals surface area contributed by atoms with E-state index in [4.69, 9.17) is 4.42 Å². The number of amides is 1. The zero-order valence-corrected chi connectivity index (χ0v) is 11.7. The summed E-state index contributed by atoms with van der Waals surface area (Å²) in [5.74, 6) is 1.60. The van der Waals surface area contributed by atoms with Crippen molar-refractivity contribution >= 4 is 5.91 Å². The van der Waals surface area contributed by atoms with Crippen LogP contribution in [-0.2, 0) is 11.3 Å². The van der Waals surface area contributed by atoms with Crippen molar-refractivity contribution < 1.29 is 9.21 Å². The van der Waals surface area contributed by atoms with Crippen LogP contribution in [0.1, 0.15) is 44.0 Å². The van der Waals surface area contributed by atoms with Crippen molar-refractivity contribution in [3.63, 3.8) is 0 Å². The van der Waals surface area contributed by atoms with Gasteiger partial charge in [-0.25, -0.2) is 4.98 Å². The van der Waals surface area contributed by atoms with Crippen LogP contribution >= 0.6 is 0 Å². The lowest BCUT2D eigenvalue weighted by Gasteiger charge is -2.11. The van der Waals surface area contributed by atoms with E-state index in [2.05, 4.69) is 22.5 Å². The fourth-order valence-electron chi connectivity index (χ4n) is 1.46. The van der Waals surface area contributed by atoms with E-state index >= 15 is 0 Å². The summed E-state index contributed by atoms with van der Waals surface area (Å²) in [6.07, 6.45) is 1.43. The van der Waals surface area contributed by atoms with Crippen molar-refractivity contribution in [3.05, 3.63) is 17.3 Å². The van der Waals surface area contributed by atoms with Crippen molar-refractivity contribution in [2.75, 3.05) is 6.54 Å². The minimum absolute atomic E-state index is 0.0802. The lowest BCUT2D eigenvalue weighted by molar-refractivity contribution is -0.121. The van der Waals surface area contributed by atoms with Crippen LogP contribution in [0.2, 0.25) is 0 Å². The maximum atomic E-state index is 11.5. The van der Waals surface area contributed by atoms with Crippen molar-refractivity contribution in [2.45, 2.75) is 53.1 Å². The SMILES string of the molecule is CCC(C)NC(=O)CCNCc1nc(C)c(C)o1. The number of nitrogens with one attached hydrogen (secondary N) is 2. The van der Waals surface area contributed by atoms with Gasteiger partial charge in [-0.1, -0.05) is 6.92 Å². The van der Waals surface area contributed by atoms with Crippen molar-refractivity contribution in [2.24, 2.45) is 0 Å². The molecule has 0 aliphatic rings. The van der Waals surface area contributed by atoms with E-state index in [0.29, 0.717) is 25.4 Å². The molecule has 102 valence electrons. The molecule has 0 aliphatic carbocycles. The number of hydrogen-bond acceptors (Lipinski definition) is 4. The van der Waals surface area contributed by atoms with Gasteiger partial charge in [0.1, 0.15) is 5.76 Å². The highest BCUT2D eigenvalue weighted by atomic mass is 16.4. The molecule has 0 aromatic carbocycles. The topological polar surface area (TPSA) is 67.2 Å². The summed E-state index contributed by atoms with van der Waals surface area (Å²) in [7, 11) is 0. The maximum Gasteiger partial charge on any atom is 0.221 e. The molecular formula is C13H23N3O2. The Labute approximate surface area is 108 Å². The minimum atomic E-state index is 0.0802. The fourth-order valence-corrected chi connectivity index (χ4v) is 1.46. The van der Waals surface area contributed by atoms with Gasteiger partial charge in [-0.3, -0.25) is 4.79 Å². The Morgan fingerprint density at radius 1 is 1.44 bits per heavy atom. The van der Waals surface area contributed by atoms with Crippen LogP contribution in [0.5, 0.6) is 0 Å². The van der Waals surface area contributed by atoms with E-state index in [1.165, 1.54) is 0 Å². The van der Waals surface area contributed by atoms with Gasteiger partial charge in [-0.15, -0.1) is 0 Å². The molecule has 1 unspecified atom stereocenters. The van der Waals surface area contributed by atoms with Gasteiger partial charge in [0.25, 0.3) is 0 Å². The largest absolute Gasteiger partial charge is 0.444 e. The lowest BCUT2D eigenvalue weighted by Crippen LogP contribution is -2.33. The molecule has 0 saturated carbocycles. The second kappa shape index (κ2) is 7.16. The van der Waals surface area contributed by atoms with E-state index in [1.807, 2.05) is 20.8 Å². The van der Waals surface area contributed by atoms with Gasteiger partial charge in [0.2, 0.25) is 11.8 Å². The second-order valence-corrected chi connectivity index (χ2v) is 4.55. The molecule has 1 aromatic rings. The summed E-state index contributed by atoms with van der Waals surface area (Å²) >= 11 is 0. The molecule has 5 nitrogen and oxygen atoms in total. The predicted octanol–water partition coefficient (Wildman–Crippen LogP) is 1.69. The molecule has 2 N–H and O–H groups in total. The first-order valence-corrected chi connectivity index (χ1v) is 6.46. The predicted molar refractivity (Wildman–Crippen MR) is 70.2 cm³/mol. The zero-order valence-electron chi connectivity index (χ0n) is 11.7. The van der Waals surface area contributed by atoms with Gasteiger partial charge in [-0.05, 0) is 27.2 Å². The number of hydrogen-bond donors (Lipinski definition) is 2. The number of nitrogens with zero attached hydrogens (tertiary/aromatic N) is 1. The Morgan fingerprint density at radius 3 is 2.72 bits per heavy atom. The van der Waals surface area contributed by atoms with Crippen LogP contribution in [0.25, 0.3) is 0 Å². The molecule has 0 spiro atoms. The van der Waals surface area contributed by atoms with Crippen LogP contribution in [0.15, 0.2) is 4.42 Å². The van der Waals surface area contributed by atoms with Crippen LogP contribution in [0.3, 0.4) is 0 Å². The van der Waals surface area contributed by atoms with E-state index < -0.39 is 0 Å². The summed E-state index contributed by atoms with van der Waals surface area (Å²) in [5.41, 5.74) is 0.918. The van der Waals surface area contributed by atoms with Crippen molar-refractivity contribution in [1.29, 1.82) is 0 Å². The summed E-state index contributed by atoms with van der Waals surface area (Å²) in [4.78, 5) is 15.8. The van der Waals surface area contributed by atoms with E-state index in [1.54, 1.807) is 0 Å². The fraction of sp³-hybridized carbons (Fsp3) is 0.692. The average Bonchev–Trinajstić information content (AvgIpc) is 2.64. The number of carbonyl (C=O) groups excluding carboxylic acids is 1. The highest BCUT2D eigenvalue weighted by molar-refractivity contribution is 5.76. The molecule has 0 bridgehead atoms. The first-order valence-electron chi connectivity index (χ1n) is 6.46. The molecule has 1 aromatic heterocycles. The molecule has 5 heteroatoms. The number of rotatable bonds is 7. The Bertz CT molecular complexity index is 368. The second-order valence-electron chi connectivity index (χ2n) is 4.55. The van der Waals surface area contributed by atoms with Gasteiger partial charge in [0.15, 0.2) is 0 Å². The van der Waals surface area contributed by atoms with E-state index in [9.17, 15) is 4.79 Å². The van der Waals surface area contributed by atoms with E-state index in [0.717, 1.165) is 17.9 Å². The van der Waals surface area contributed by atoms with Crippen LogP contribution in [-0.4, -0.2) is 23.5 Å². The summed E-state index contributed by atoms with van der Waals surface area (Å²) in [5, 5.41) is 6.07. The number of carbonyl (C=O) groups is 1. The quantitative estimate of drug-likeness (QED) is 0.726. The van der Waals surface area contributed by atoms with Crippen LogP contribution < -0.4 is 10.6 Å². The molecule has 1 amide bonds. The highest BCUT2D eigenvalue weighted by Crippen LogP contribution is 2.07. The Kier molecular flexibility index (Phi) is 5.85. The lowest BCUT2D eigenvalue weighted by atomic mass is 10.2. The summed E-state index contributed by atoms with van der Waals surface area (Å²) < 4.78 is 5.43. The third-order valence-electron chi connectivity index (χ3n) is 2.90. The molecular weight excluding hydrogens is 230 g/mol. The number of aromatic nitrogens is 1. The Balaban J connectivity index is 2.17. The van der Waals surface area contributed by atoms with Crippen molar-refractivity contribution in [3.8, 4) is 0 Å². The molecule has 0 fully saturated rings. The zero-order chi connectivity index (χ0) is 13.5. The molecule has 1 heterocycles. The first-order chi connectivity index (χ1) is 8.52. The standard InChI is InChI=1S/C13H23N3O2/c1-5-9(2)15-12(17)6-7-14-8-13-16-10(3)11(4)18-13/h9,14H,5-8H2,1-4H3,(H,15,17). The number of aryl methyl sites for hydroxylation is 2. The Morgan fingerprint density at radius 2 is 2.17 bits per heavy atom. The van der Waals surface area contributed by atoms with Crippen molar-refractivity contribution in [1.82, 2.24) is 15.6 Å². The molecule has 18 heavy (non-hydrogen) atoms. The highest BCUT2D eigenvalue weighted by Gasteiger charge is 2.07. The van der Waals surface area contributed by atoms with Crippen LogP contribution in [0.4, 0.5) is 0 Å². The van der Waals surface area contributed by atoms with Gasteiger partial charge in [0, 0.05) is 19.0 Å². The monoisotopic (exact) mass is 253 g/mol. The van der Waals surface area contributed by atoms with E-state index in [-0.39, 0.29) is 11.9 Å². The van der Waals surface area contributed by atoms with Gasteiger partial charge < -0.3 is 15.1 Å². The Hall–Kier alpha value is -1.36. The van der Waals surface area contributed by atoms with Gasteiger partial charge in [-0.2, -0.15) is 0 Å². The van der Waals surface area contributed by atoms with Crippen LogP contribution in [0, 0.1) is 13.8 Å². The summed E-state index contributed by atoms with van der Waals surface area (Å²) in [6, 6.07) is 0.245.